The van der Waals surface area contributed by atoms with Gasteiger partial charge < -0.3 is 20.7 Å². The average Bonchev–Trinajstić information content (AvgIpc) is 2.34. The van der Waals surface area contributed by atoms with E-state index in [1.165, 1.54) is 19.2 Å². The Bertz CT molecular complexity index is 527. The number of urea groups is 1. The van der Waals surface area contributed by atoms with E-state index in [1.54, 1.807) is 0 Å². The molecule has 0 atom stereocenters. The summed E-state index contributed by atoms with van der Waals surface area (Å²) in [5.74, 6) is -0.801. The van der Waals surface area contributed by atoms with E-state index in [9.17, 15) is 14.0 Å². The van der Waals surface area contributed by atoms with Gasteiger partial charge in [-0.1, -0.05) is 0 Å². The third-order valence-electron chi connectivity index (χ3n) is 2.33. The molecule has 7 heteroatoms. The van der Waals surface area contributed by atoms with Gasteiger partial charge in [-0.15, -0.1) is 0 Å². The molecule has 21 heavy (non-hydrogen) atoms. The van der Waals surface area contributed by atoms with Gasteiger partial charge in [0, 0.05) is 17.3 Å². The third-order valence-corrected chi connectivity index (χ3v) is 2.33. The Morgan fingerprint density at radius 1 is 1.29 bits per heavy atom. The summed E-state index contributed by atoms with van der Waals surface area (Å²) in [7, 11) is 1.35. The van der Waals surface area contributed by atoms with E-state index in [1.807, 2.05) is 20.8 Å². The van der Waals surface area contributed by atoms with Gasteiger partial charge in [0.2, 0.25) is 5.91 Å². The zero-order valence-electron chi connectivity index (χ0n) is 12.5. The maximum atomic E-state index is 13.4. The quantitative estimate of drug-likeness (QED) is 0.793. The largest absolute Gasteiger partial charge is 0.494 e. The highest BCUT2D eigenvalue weighted by Crippen LogP contribution is 2.20. The number of hydrogen-bond donors (Lipinski definition) is 3. The zero-order valence-corrected chi connectivity index (χ0v) is 12.5. The maximum absolute atomic E-state index is 13.4. The Labute approximate surface area is 123 Å². The van der Waals surface area contributed by atoms with Crippen molar-refractivity contribution < 1.29 is 18.7 Å². The molecule has 0 bridgehead atoms. The molecule has 116 valence electrons. The van der Waals surface area contributed by atoms with Gasteiger partial charge in [0.05, 0.1) is 13.7 Å². The van der Waals surface area contributed by atoms with Gasteiger partial charge in [0.25, 0.3) is 0 Å². The Hall–Kier alpha value is -2.31. The summed E-state index contributed by atoms with van der Waals surface area (Å²) in [5, 5.41) is 7.52. The first-order valence-electron chi connectivity index (χ1n) is 6.40. The minimum atomic E-state index is -0.594. The van der Waals surface area contributed by atoms with Crippen LogP contribution in [0.5, 0.6) is 5.75 Å². The number of benzene rings is 1. The molecule has 1 rings (SSSR count). The van der Waals surface area contributed by atoms with E-state index in [4.69, 9.17) is 4.74 Å². The maximum Gasteiger partial charge on any atom is 0.319 e. The molecule has 3 amide bonds. The van der Waals surface area contributed by atoms with Gasteiger partial charge in [0.1, 0.15) is 0 Å². The van der Waals surface area contributed by atoms with Crippen molar-refractivity contribution >= 4 is 17.6 Å². The zero-order chi connectivity index (χ0) is 16.0. The first-order chi connectivity index (χ1) is 9.71. The number of amides is 3. The molecule has 0 radical (unpaired) electrons. The second-order valence-corrected chi connectivity index (χ2v) is 5.46. The van der Waals surface area contributed by atoms with Crippen LogP contribution in [0.15, 0.2) is 18.2 Å². The van der Waals surface area contributed by atoms with Crippen molar-refractivity contribution in [3.63, 3.8) is 0 Å². The number of hydrogen-bond acceptors (Lipinski definition) is 3. The SMILES string of the molecule is COc1ccc(NC(=O)NCC(=O)NC(C)(C)C)cc1F. The number of rotatable bonds is 4. The normalized spacial score (nSPS) is 10.7. The second-order valence-electron chi connectivity index (χ2n) is 5.46. The van der Waals surface area contributed by atoms with Crippen LogP contribution in [0.2, 0.25) is 0 Å². The van der Waals surface area contributed by atoms with Crippen LogP contribution in [0, 0.1) is 5.82 Å². The lowest BCUT2D eigenvalue weighted by Gasteiger charge is -2.20. The molecule has 0 aliphatic rings. The van der Waals surface area contributed by atoms with Crippen molar-refractivity contribution in [2.24, 2.45) is 0 Å². The highest BCUT2D eigenvalue weighted by Gasteiger charge is 2.14. The van der Waals surface area contributed by atoms with E-state index in [0.29, 0.717) is 0 Å². The molecule has 0 unspecified atom stereocenters. The number of nitrogens with one attached hydrogen (secondary N) is 3. The number of carbonyl (C=O) groups is 2. The molecule has 1 aromatic carbocycles. The predicted octanol–water partition coefficient (Wildman–Crippen LogP) is 1.87. The van der Waals surface area contributed by atoms with Crippen LogP contribution < -0.4 is 20.7 Å². The molecule has 0 saturated carbocycles. The molecule has 0 heterocycles. The van der Waals surface area contributed by atoms with E-state index in [2.05, 4.69) is 16.0 Å². The lowest BCUT2D eigenvalue weighted by molar-refractivity contribution is -0.121. The van der Waals surface area contributed by atoms with Gasteiger partial charge in [0.15, 0.2) is 11.6 Å². The Balaban J connectivity index is 2.47. The minimum Gasteiger partial charge on any atom is -0.494 e. The fourth-order valence-electron chi connectivity index (χ4n) is 1.54. The van der Waals surface area contributed by atoms with E-state index in [0.717, 1.165) is 6.07 Å². The number of halogens is 1. The second kappa shape index (κ2) is 6.92. The summed E-state index contributed by atoms with van der Waals surface area (Å²) in [5.41, 5.74) is -0.101. The van der Waals surface area contributed by atoms with Gasteiger partial charge in [-0.05, 0) is 32.9 Å². The van der Waals surface area contributed by atoms with Gasteiger partial charge in [-0.3, -0.25) is 4.79 Å². The summed E-state index contributed by atoms with van der Waals surface area (Å²) in [6.07, 6.45) is 0. The molecule has 3 N–H and O–H groups in total. The molecule has 1 aromatic rings. The van der Waals surface area contributed by atoms with Crippen molar-refractivity contribution in [1.29, 1.82) is 0 Å². The molecule has 0 fully saturated rings. The van der Waals surface area contributed by atoms with Gasteiger partial charge in [-0.2, -0.15) is 0 Å². The van der Waals surface area contributed by atoms with Crippen LogP contribution in [0.3, 0.4) is 0 Å². The van der Waals surface area contributed by atoms with Crippen molar-refractivity contribution in [2.75, 3.05) is 19.0 Å². The lowest BCUT2D eigenvalue weighted by Crippen LogP contribution is -2.46. The highest BCUT2D eigenvalue weighted by atomic mass is 19.1. The monoisotopic (exact) mass is 297 g/mol. The Morgan fingerprint density at radius 3 is 2.48 bits per heavy atom. The van der Waals surface area contributed by atoms with Crippen molar-refractivity contribution in [2.45, 2.75) is 26.3 Å². The molecule has 0 aromatic heterocycles. The molecule has 0 aliphatic heterocycles. The first-order valence-corrected chi connectivity index (χ1v) is 6.40. The van der Waals surface area contributed by atoms with Crippen LogP contribution in [0.4, 0.5) is 14.9 Å². The van der Waals surface area contributed by atoms with Crippen LogP contribution in [0.25, 0.3) is 0 Å². The van der Waals surface area contributed by atoms with Crippen LogP contribution in [0.1, 0.15) is 20.8 Å². The van der Waals surface area contributed by atoms with Crippen molar-refractivity contribution in [3.05, 3.63) is 24.0 Å². The van der Waals surface area contributed by atoms with E-state index in [-0.39, 0.29) is 29.4 Å². The van der Waals surface area contributed by atoms with Crippen LogP contribution in [-0.4, -0.2) is 31.1 Å². The molecular weight excluding hydrogens is 277 g/mol. The van der Waals surface area contributed by atoms with Crippen LogP contribution >= 0.6 is 0 Å². The van der Waals surface area contributed by atoms with Crippen molar-refractivity contribution in [3.8, 4) is 5.75 Å². The molecule has 0 spiro atoms. The summed E-state index contributed by atoms with van der Waals surface area (Å²) in [6.45, 7) is 5.35. The Kier molecular flexibility index (Phi) is 5.52. The number of ether oxygens (including phenoxy) is 1. The minimum absolute atomic E-state index is 0.0884. The fraction of sp³-hybridized carbons (Fsp3) is 0.429. The average molecular weight is 297 g/mol. The number of methoxy groups -OCH3 is 1. The fourth-order valence-corrected chi connectivity index (χ4v) is 1.54. The predicted molar refractivity (Wildman–Crippen MR) is 77.9 cm³/mol. The molecule has 0 saturated heterocycles. The summed E-state index contributed by atoms with van der Waals surface area (Å²) in [6, 6.07) is 3.44. The lowest BCUT2D eigenvalue weighted by atomic mass is 10.1. The van der Waals surface area contributed by atoms with E-state index < -0.39 is 11.8 Å². The molecular formula is C14H20FN3O3. The third kappa shape index (κ3) is 6.11. The summed E-state index contributed by atoms with van der Waals surface area (Å²) >= 11 is 0. The standard InChI is InChI=1S/C14H20FN3O3/c1-14(2,3)18-12(19)8-16-13(20)17-9-5-6-11(21-4)10(15)7-9/h5-7H,8H2,1-4H3,(H,18,19)(H2,16,17,20). The highest BCUT2D eigenvalue weighted by molar-refractivity contribution is 5.92. The van der Waals surface area contributed by atoms with Gasteiger partial charge >= 0.3 is 6.03 Å². The first kappa shape index (κ1) is 16.7. The topological polar surface area (TPSA) is 79.5 Å². The number of carbonyl (C=O) groups excluding carboxylic acids is 2. The number of anilines is 1. The van der Waals surface area contributed by atoms with E-state index >= 15 is 0 Å². The van der Waals surface area contributed by atoms with Crippen LogP contribution in [-0.2, 0) is 4.79 Å². The molecule has 0 aliphatic carbocycles. The molecule has 6 nitrogen and oxygen atoms in total. The van der Waals surface area contributed by atoms with Crippen molar-refractivity contribution in [1.82, 2.24) is 10.6 Å². The smallest absolute Gasteiger partial charge is 0.319 e. The summed E-state index contributed by atoms with van der Waals surface area (Å²) < 4.78 is 18.2. The Morgan fingerprint density at radius 2 is 1.95 bits per heavy atom. The van der Waals surface area contributed by atoms with Gasteiger partial charge in [-0.25, -0.2) is 9.18 Å². The summed E-state index contributed by atoms with van der Waals surface area (Å²) in [4.78, 5) is 23.1.